The van der Waals surface area contributed by atoms with E-state index in [0.29, 0.717) is 30.0 Å². The number of para-hydroxylation sites is 1. The average molecular weight is 602 g/mol. The maximum Gasteiger partial charge on any atom is 0.323 e. The SMILES string of the molecule is Cc1c(C(=O)Cc2ccc(Oc3ccnc(NC(=O)N4CCCCC4)c3)c(F)c2)c(=O)n(-c2ccccc2)n1CC(C)(C)O. The topological polar surface area (TPSA) is 119 Å². The molecule has 44 heavy (non-hydrogen) atoms. The number of pyridine rings is 1. The number of piperidine rings is 1. The lowest BCUT2D eigenvalue weighted by molar-refractivity contribution is 0.0546. The van der Waals surface area contributed by atoms with Gasteiger partial charge in [0.15, 0.2) is 17.3 Å². The molecule has 5 rings (SSSR count). The molecule has 2 amide bonds. The predicted octanol–water partition coefficient (Wildman–Crippen LogP) is 5.49. The van der Waals surface area contributed by atoms with Crippen LogP contribution in [0.25, 0.3) is 5.69 Å². The summed E-state index contributed by atoms with van der Waals surface area (Å²) in [6.45, 7) is 6.37. The van der Waals surface area contributed by atoms with Crippen LogP contribution >= 0.6 is 0 Å². The van der Waals surface area contributed by atoms with E-state index in [0.717, 1.165) is 19.3 Å². The molecule has 1 aliphatic rings. The zero-order valence-electron chi connectivity index (χ0n) is 25.0. The number of amides is 2. The summed E-state index contributed by atoms with van der Waals surface area (Å²) >= 11 is 0. The number of rotatable bonds is 9. The first-order valence-electron chi connectivity index (χ1n) is 14.6. The smallest absolute Gasteiger partial charge is 0.323 e. The Morgan fingerprint density at radius 2 is 1.77 bits per heavy atom. The minimum Gasteiger partial charge on any atom is -0.454 e. The van der Waals surface area contributed by atoms with Crippen LogP contribution in [0.2, 0.25) is 0 Å². The van der Waals surface area contributed by atoms with Crippen LogP contribution in [0.1, 0.15) is 54.7 Å². The third-order valence-corrected chi connectivity index (χ3v) is 7.41. The normalized spacial score (nSPS) is 13.5. The number of hydrogen-bond acceptors (Lipinski definition) is 6. The first-order valence-corrected chi connectivity index (χ1v) is 14.6. The molecule has 0 spiro atoms. The maximum atomic E-state index is 15.2. The van der Waals surface area contributed by atoms with Crippen LogP contribution in [-0.4, -0.2) is 54.9 Å². The highest BCUT2D eigenvalue weighted by Gasteiger charge is 2.27. The molecule has 1 saturated heterocycles. The summed E-state index contributed by atoms with van der Waals surface area (Å²) in [6, 6.07) is 15.9. The van der Waals surface area contributed by atoms with Crippen LogP contribution in [0, 0.1) is 12.7 Å². The highest BCUT2D eigenvalue weighted by atomic mass is 19.1. The number of likely N-dealkylation sites (tertiary alicyclic amines) is 1. The van der Waals surface area contributed by atoms with Crippen molar-refractivity contribution in [3.05, 3.63) is 99.9 Å². The Bertz CT molecular complexity index is 1720. The number of ether oxygens (including phenoxy) is 1. The van der Waals surface area contributed by atoms with Gasteiger partial charge in [0, 0.05) is 37.5 Å². The van der Waals surface area contributed by atoms with Gasteiger partial charge in [0.2, 0.25) is 0 Å². The van der Waals surface area contributed by atoms with Crippen molar-refractivity contribution in [2.45, 2.75) is 58.6 Å². The Labute approximate surface area is 254 Å². The average Bonchev–Trinajstić information content (AvgIpc) is 3.23. The molecule has 0 aliphatic carbocycles. The van der Waals surface area contributed by atoms with Crippen molar-refractivity contribution in [2.75, 3.05) is 18.4 Å². The second-order valence-corrected chi connectivity index (χ2v) is 11.6. The minimum atomic E-state index is -1.15. The molecule has 2 aromatic carbocycles. The number of Topliss-reactive ketones (excluding diaryl/α,β-unsaturated/α-hetero) is 1. The van der Waals surface area contributed by atoms with Gasteiger partial charge in [-0.2, -0.15) is 0 Å². The van der Waals surface area contributed by atoms with Crippen molar-refractivity contribution >= 4 is 17.6 Å². The second kappa shape index (κ2) is 12.8. The number of ketones is 1. The molecular weight excluding hydrogens is 565 g/mol. The summed E-state index contributed by atoms with van der Waals surface area (Å²) in [5.41, 5.74) is -0.349. The molecule has 0 saturated carbocycles. The van der Waals surface area contributed by atoms with Gasteiger partial charge in [-0.3, -0.25) is 19.6 Å². The van der Waals surface area contributed by atoms with Gasteiger partial charge in [-0.05, 0) is 75.9 Å². The monoisotopic (exact) mass is 601 g/mol. The van der Waals surface area contributed by atoms with Crippen molar-refractivity contribution in [1.82, 2.24) is 19.2 Å². The van der Waals surface area contributed by atoms with E-state index in [1.807, 2.05) is 6.07 Å². The van der Waals surface area contributed by atoms with Crippen molar-refractivity contribution in [3.63, 3.8) is 0 Å². The van der Waals surface area contributed by atoms with Crippen LogP contribution in [0.4, 0.5) is 15.0 Å². The standard InChI is InChI=1S/C33H36FN5O5/c1-22-30(31(41)39(24-10-6-4-7-11-24)38(22)21-33(2,3)43)27(40)19-23-12-13-28(26(34)18-23)44-25-14-15-35-29(20-25)36-32(42)37-16-8-5-9-17-37/h4,6-7,10-15,18,20,43H,5,8-9,16-17,19,21H2,1-3H3,(H,35,36,42). The van der Waals surface area contributed by atoms with E-state index in [1.54, 1.807) is 66.8 Å². The summed E-state index contributed by atoms with van der Waals surface area (Å²) in [4.78, 5) is 45.4. The van der Waals surface area contributed by atoms with Gasteiger partial charge < -0.3 is 14.7 Å². The van der Waals surface area contributed by atoms with Gasteiger partial charge in [0.25, 0.3) is 5.56 Å². The van der Waals surface area contributed by atoms with Gasteiger partial charge in [-0.1, -0.05) is 24.3 Å². The number of carbonyl (C=O) groups excluding carboxylic acids is 2. The van der Waals surface area contributed by atoms with E-state index in [9.17, 15) is 19.5 Å². The summed E-state index contributed by atoms with van der Waals surface area (Å²) in [5, 5.41) is 13.3. The number of benzene rings is 2. The lowest BCUT2D eigenvalue weighted by atomic mass is 10.0. The molecule has 0 unspecified atom stereocenters. The van der Waals surface area contributed by atoms with Crippen molar-refractivity contribution in [3.8, 4) is 17.2 Å². The van der Waals surface area contributed by atoms with Crippen LogP contribution in [0.5, 0.6) is 11.5 Å². The molecule has 1 fully saturated rings. The third kappa shape index (κ3) is 7.05. The molecule has 4 aromatic rings. The third-order valence-electron chi connectivity index (χ3n) is 7.41. The summed E-state index contributed by atoms with van der Waals surface area (Å²) in [7, 11) is 0. The lowest BCUT2D eigenvalue weighted by Gasteiger charge is -2.26. The minimum absolute atomic E-state index is 0.0187. The number of urea groups is 1. The molecule has 10 nitrogen and oxygen atoms in total. The van der Waals surface area contributed by atoms with E-state index in [-0.39, 0.29) is 41.9 Å². The molecule has 1 aliphatic heterocycles. The van der Waals surface area contributed by atoms with Gasteiger partial charge in [0.05, 0.1) is 17.8 Å². The van der Waals surface area contributed by atoms with E-state index < -0.39 is 22.8 Å². The fourth-order valence-corrected chi connectivity index (χ4v) is 5.32. The van der Waals surface area contributed by atoms with Gasteiger partial charge in [-0.25, -0.2) is 18.9 Å². The molecule has 0 bridgehead atoms. The van der Waals surface area contributed by atoms with E-state index in [4.69, 9.17) is 4.74 Å². The summed E-state index contributed by atoms with van der Waals surface area (Å²) in [6.07, 6.45) is 4.28. The van der Waals surface area contributed by atoms with Crippen LogP contribution in [0.15, 0.2) is 71.7 Å². The molecule has 3 heterocycles. The number of aliphatic hydroxyl groups is 1. The number of anilines is 1. The Hall–Kier alpha value is -4.77. The lowest BCUT2D eigenvalue weighted by Crippen LogP contribution is -2.38. The fourth-order valence-electron chi connectivity index (χ4n) is 5.32. The molecule has 11 heteroatoms. The molecule has 2 N–H and O–H groups in total. The summed E-state index contributed by atoms with van der Waals surface area (Å²) < 4.78 is 23.9. The van der Waals surface area contributed by atoms with Crippen LogP contribution in [0.3, 0.4) is 0 Å². The first-order chi connectivity index (χ1) is 21.0. The van der Waals surface area contributed by atoms with Gasteiger partial charge in [0.1, 0.15) is 17.1 Å². The zero-order chi connectivity index (χ0) is 31.4. The van der Waals surface area contributed by atoms with E-state index in [1.165, 1.54) is 29.1 Å². The fraction of sp³-hybridized carbons (Fsp3) is 0.333. The van der Waals surface area contributed by atoms with Crippen molar-refractivity contribution in [2.24, 2.45) is 0 Å². The number of aromatic nitrogens is 3. The first kappa shape index (κ1) is 30.7. The summed E-state index contributed by atoms with van der Waals surface area (Å²) in [5.74, 6) is -0.665. The van der Waals surface area contributed by atoms with Gasteiger partial charge >= 0.3 is 6.03 Å². The molecule has 2 aromatic heterocycles. The van der Waals surface area contributed by atoms with E-state index in [2.05, 4.69) is 10.3 Å². The van der Waals surface area contributed by atoms with Crippen LogP contribution < -0.4 is 15.6 Å². The predicted molar refractivity (Wildman–Crippen MR) is 164 cm³/mol. The molecule has 0 radical (unpaired) electrons. The largest absolute Gasteiger partial charge is 0.454 e. The molecule has 230 valence electrons. The zero-order valence-corrected chi connectivity index (χ0v) is 25.0. The highest BCUT2D eigenvalue weighted by Crippen LogP contribution is 2.27. The number of nitrogens with zero attached hydrogens (tertiary/aromatic N) is 4. The Kier molecular flexibility index (Phi) is 8.96. The number of nitrogens with one attached hydrogen (secondary N) is 1. The Morgan fingerprint density at radius 3 is 2.45 bits per heavy atom. The quantitative estimate of drug-likeness (QED) is 0.245. The molecular formula is C33H36FN5O5. The molecule has 0 atom stereocenters. The second-order valence-electron chi connectivity index (χ2n) is 11.6. The van der Waals surface area contributed by atoms with Crippen LogP contribution in [-0.2, 0) is 13.0 Å². The number of carbonyl (C=O) groups is 2. The number of hydrogen-bond donors (Lipinski definition) is 2. The maximum absolute atomic E-state index is 15.2. The van der Waals surface area contributed by atoms with E-state index >= 15 is 4.39 Å². The van der Waals surface area contributed by atoms with Crippen molar-refractivity contribution in [1.29, 1.82) is 0 Å². The Balaban J connectivity index is 1.32. The van der Waals surface area contributed by atoms with Crippen molar-refractivity contribution < 1.29 is 23.8 Å². The van der Waals surface area contributed by atoms with Gasteiger partial charge in [-0.15, -0.1) is 0 Å². The highest BCUT2D eigenvalue weighted by molar-refractivity contribution is 5.98. The Morgan fingerprint density at radius 1 is 1.05 bits per heavy atom. The number of halogens is 1.